The molecule has 0 fully saturated rings. The van der Waals surface area contributed by atoms with Gasteiger partial charge in [-0.1, -0.05) is 0 Å². The standard InChI is InChI=1S/C10H9N3O3/c14-13(15)7-1-2-8-9(3-7)11-4-6-5-12-16-10(6)8/h1-3,11-12H,4-5H2. The van der Waals surface area contributed by atoms with Crippen LogP contribution < -0.4 is 10.8 Å². The van der Waals surface area contributed by atoms with Gasteiger partial charge in [0.1, 0.15) is 0 Å². The van der Waals surface area contributed by atoms with E-state index in [-0.39, 0.29) is 5.69 Å². The number of non-ortho nitro benzene ring substituents is 1. The van der Waals surface area contributed by atoms with E-state index in [0.717, 1.165) is 22.6 Å². The maximum Gasteiger partial charge on any atom is 0.271 e. The second-order valence-corrected chi connectivity index (χ2v) is 3.70. The first-order chi connectivity index (χ1) is 7.75. The van der Waals surface area contributed by atoms with Crippen LogP contribution in [0, 0.1) is 10.1 Å². The Hall–Kier alpha value is -2.08. The molecule has 0 saturated heterocycles. The first-order valence-electron chi connectivity index (χ1n) is 4.90. The molecule has 16 heavy (non-hydrogen) atoms. The van der Waals surface area contributed by atoms with Crippen molar-refractivity contribution in [1.29, 1.82) is 0 Å². The van der Waals surface area contributed by atoms with Crippen molar-refractivity contribution in [2.45, 2.75) is 0 Å². The molecule has 0 saturated carbocycles. The predicted molar refractivity (Wildman–Crippen MR) is 57.6 cm³/mol. The summed E-state index contributed by atoms with van der Waals surface area (Å²) in [7, 11) is 0. The average Bonchev–Trinajstić information content (AvgIpc) is 2.76. The van der Waals surface area contributed by atoms with Crippen LogP contribution in [0.1, 0.15) is 5.56 Å². The highest BCUT2D eigenvalue weighted by atomic mass is 16.7. The van der Waals surface area contributed by atoms with Crippen LogP contribution in [-0.2, 0) is 4.84 Å². The van der Waals surface area contributed by atoms with Crippen LogP contribution in [0.15, 0.2) is 23.8 Å². The van der Waals surface area contributed by atoms with Crippen molar-refractivity contribution in [3.63, 3.8) is 0 Å². The van der Waals surface area contributed by atoms with Crippen molar-refractivity contribution in [3.05, 3.63) is 39.4 Å². The summed E-state index contributed by atoms with van der Waals surface area (Å²) >= 11 is 0. The van der Waals surface area contributed by atoms with E-state index in [2.05, 4.69) is 10.8 Å². The molecule has 6 heteroatoms. The molecule has 0 radical (unpaired) electrons. The van der Waals surface area contributed by atoms with Gasteiger partial charge in [-0.2, -0.15) is 5.48 Å². The second-order valence-electron chi connectivity index (χ2n) is 3.70. The molecule has 2 heterocycles. The topological polar surface area (TPSA) is 76.4 Å². The Morgan fingerprint density at radius 1 is 1.38 bits per heavy atom. The summed E-state index contributed by atoms with van der Waals surface area (Å²) in [6.45, 7) is 1.36. The molecule has 2 aliphatic heterocycles. The van der Waals surface area contributed by atoms with E-state index in [1.54, 1.807) is 6.07 Å². The fraction of sp³-hybridized carbons (Fsp3) is 0.200. The summed E-state index contributed by atoms with van der Waals surface area (Å²) in [4.78, 5) is 15.5. The number of nitrogens with one attached hydrogen (secondary N) is 2. The molecule has 2 N–H and O–H groups in total. The van der Waals surface area contributed by atoms with Gasteiger partial charge in [0.05, 0.1) is 17.2 Å². The van der Waals surface area contributed by atoms with Crippen LogP contribution >= 0.6 is 0 Å². The minimum absolute atomic E-state index is 0.0845. The van der Waals surface area contributed by atoms with Gasteiger partial charge in [0.15, 0.2) is 5.76 Å². The lowest BCUT2D eigenvalue weighted by Gasteiger charge is -2.17. The molecule has 3 rings (SSSR count). The Kier molecular flexibility index (Phi) is 1.84. The van der Waals surface area contributed by atoms with Gasteiger partial charge in [0, 0.05) is 29.8 Å². The minimum Gasteiger partial charge on any atom is -0.408 e. The van der Waals surface area contributed by atoms with Crippen molar-refractivity contribution in [2.75, 3.05) is 18.4 Å². The van der Waals surface area contributed by atoms with Crippen LogP contribution in [0.4, 0.5) is 11.4 Å². The Morgan fingerprint density at radius 2 is 2.25 bits per heavy atom. The van der Waals surface area contributed by atoms with E-state index in [1.165, 1.54) is 12.1 Å². The molecule has 82 valence electrons. The zero-order valence-electron chi connectivity index (χ0n) is 8.32. The summed E-state index contributed by atoms with van der Waals surface area (Å²) in [6.07, 6.45) is 0. The normalized spacial score (nSPS) is 17.2. The number of hydrogen-bond acceptors (Lipinski definition) is 5. The van der Waals surface area contributed by atoms with Gasteiger partial charge in [-0.15, -0.1) is 0 Å². The predicted octanol–water partition coefficient (Wildman–Crippen LogP) is 1.27. The maximum atomic E-state index is 10.6. The number of fused-ring (bicyclic) bond motifs is 2. The van der Waals surface area contributed by atoms with Crippen LogP contribution in [0.25, 0.3) is 5.76 Å². The van der Waals surface area contributed by atoms with Gasteiger partial charge in [0.2, 0.25) is 0 Å². The maximum absolute atomic E-state index is 10.6. The number of rotatable bonds is 1. The molecule has 0 aliphatic carbocycles. The molecule has 0 spiro atoms. The van der Waals surface area contributed by atoms with Crippen LogP contribution in [0.3, 0.4) is 0 Å². The largest absolute Gasteiger partial charge is 0.408 e. The molecule has 0 aromatic heterocycles. The fourth-order valence-corrected chi connectivity index (χ4v) is 1.93. The lowest BCUT2D eigenvalue weighted by Crippen LogP contribution is -2.14. The molecule has 1 aromatic carbocycles. The fourth-order valence-electron chi connectivity index (χ4n) is 1.93. The zero-order valence-corrected chi connectivity index (χ0v) is 8.32. The van der Waals surface area contributed by atoms with Gasteiger partial charge >= 0.3 is 0 Å². The lowest BCUT2D eigenvalue weighted by atomic mass is 10.0. The summed E-state index contributed by atoms with van der Waals surface area (Å²) < 4.78 is 0. The van der Waals surface area contributed by atoms with Crippen molar-refractivity contribution >= 4 is 17.1 Å². The monoisotopic (exact) mass is 219 g/mol. The Labute approximate surface area is 91.0 Å². The van der Waals surface area contributed by atoms with Gasteiger partial charge < -0.3 is 10.2 Å². The highest BCUT2D eigenvalue weighted by Crippen LogP contribution is 2.35. The first kappa shape index (κ1) is 9.17. The van der Waals surface area contributed by atoms with Crippen molar-refractivity contribution in [1.82, 2.24) is 5.48 Å². The SMILES string of the molecule is O=[N+]([O-])c1ccc2c(c1)NCC1=C2ONC1. The van der Waals surface area contributed by atoms with E-state index >= 15 is 0 Å². The van der Waals surface area contributed by atoms with Crippen LogP contribution in [0.2, 0.25) is 0 Å². The summed E-state index contributed by atoms with van der Waals surface area (Å²) in [5.41, 5.74) is 5.64. The molecule has 2 aliphatic rings. The Bertz CT molecular complexity index is 510. The summed E-state index contributed by atoms with van der Waals surface area (Å²) in [5, 5.41) is 13.8. The number of hydrogen-bond donors (Lipinski definition) is 2. The molecular formula is C10H9N3O3. The Balaban J connectivity index is 2.10. The van der Waals surface area contributed by atoms with Gasteiger partial charge in [-0.3, -0.25) is 10.1 Å². The highest BCUT2D eigenvalue weighted by molar-refractivity contribution is 5.80. The van der Waals surface area contributed by atoms with E-state index in [0.29, 0.717) is 13.1 Å². The van der Waals surface area contributed by atoms with E-state index in [9.17, 15) is 10.1 Å². The smallest absolute Gasteiger partial charge is 0.271 e. The number of anilines is 1. The van der Waals surface area contributed by atoms with Crippen molar-refractivity contribution < 1.29 is 9.76 Å². The van der Waals surface area contributed by atoms with Gasteiger partial charge in [0.25, 0.3) is 5.69 Å². The summed E-state index contributed by atoms with van der Waals surface area (Å²) in [6, 6.07) is 4.72. The minimum atomic E-state index is -0.403. The number of nitro benzene ring substituents is 1. The van der Waals surface area contributed by atoms with E-state index in [1.807, 2.05) is 0 Å². The molecular weight excluding hydrogens is 210 g/mol. The zero-order chi connectivity index (χ0) is 11.1. The molecule has 0 unspecified atom stereocenters. The van der Waals surface area contributed by atoms with Gasteiger partial charge in [-0.05, 0) is 6.07 Å². The quantitative estimate of drug-likeness (QED) is 0.549. The average molecular weight is 219 g/mol. The van der Waals surface area contributed by atoms with Crippen molar-refractivity contribution in [2.24, 2.45) is 0 Å². The molecule has 0 bridgehead atoms. The third-order valence-electron chi connectivity index (χ3n) is 2.73. The first-order valence-corrected chi connectivity index (χ1v) is 4.90. The van der Waals surface area contributed by atoms with Gasteiger partial charge in [-0.25, -0.2) is 0 Å². The third kappa shape index (κ3) is 1.24. The highest BCUT2D eigenvalue weighted by Gasteiger charge is 2.25. The van der Waals surface area contributed by atoms with Crippen LogP contribution in [-0.4, -0.2) is 18.0 Å². The second kappa shape index (κ2) is 3.21. The molecule has 6 nitrogen and oxygen atoms in total. The number of nitro groups is 1. The molecule has 1 aromatic rings. The Morgan fingerprint density at radius 3 is 3.06 bits per heavy atom. The third-order valence-corrected chi connectivity index (χ3v) is 2.73. The number of hydroxylamine groups is 1. The lowest BCUT2D eigenvalue weighted by molar-refractivity contribution is -0.384. The number of nitrogens with zero attached hydrogens (tertiary/aromatic N) is 1. The van der Waals surface area contributed by atoms with E-state index < -0.39 is 4.92 Å². The molecule has 0 atom stereocenters. The van der Waals surface area contributed by atoms with E-state index in [4.69, 9.17) is 4.84 Å². The van der Waals surface area contributed by atoms with Crippen molar-refractivity contribution in [3.8, 4) is 0 Å². The van der Waals surface area contributed by atoms with Crippen LogP contribution in [0.5, 0.6) is 0 Å². The molecule has 0 amide bonds. The number of benzene rings is 1. The summed E-state index contributed by atoms with van der Waals surface area (Å²) in [5.74, 6) is 0.795.